The molecule has 2 aromatic heterocycles. The number of amides is 2. The zero-order chi connectivity index (χ0) is 22.0. The summed E-state index contributed by atoms with van der Waals surface area (Å²) in [6.45, 7) is 0.640. The summed E-state index contributed by atoms with van der Waals surface area (Å²) in [7, 11) is 3.76. The van der Waals surface area contributed by atoms with Crippen LogP contribution in [0.4, 0.5) is 5.95 Å². The molecule has 0 spiro atoms. The molecule has 0 radical (unpaired) electrons. The smallest absolute Gasteiger partial charge is 0.273 e. The highest BCUT2D eigenvalue weighted by Gasteiger charge is 2.34. The molecule has 2 amide bonds. The van der Waals surface area contributed by atoms with Crippen LogP contribution in [-0.4, -0.2) is 52.3 Å². The van der Waals surface area contributed by atoms with Gasteiger partial charge in [0.2, 0.25) is 11.9 Å². The highest BCUT2D eigenvalue weighted by Crippen LogP contribution is 2.37. The van der Waals surface area contributed by atoms with E-state index in [-0.39, 0.29) is 11.9 Å². The first-order valence-electron chi connectivity index (χ1n) is 10.1. The minimum Gasteiger partial charge on any atom is -0.366 e. The van der Waals surface area contributed by atoms with E-state index in [2.05, 4.69) is 9.97 Å². The molecule has 1 aromatic carbocycles. The molecular weight excluding hydrogens is 392 g/mol. The third kappa shape index (κ3) is 4.09. The van der Waals surface area contributed by atoms with Gasteiger partial charge in [0.1, 0.15) is 5.69 Å². The molecule has 4 rings (SSSR count). The predicted octanol–water partition coefficient (Wildman–Crippen LogP) is 2.68. The summed E-state index contributed by atoms with van der Waals surface area (Å²) < 4.78 is 0. The number of hydrogen-bond donors (Lipinski definition) is 1. The van der Waals surface area contributed by atoms with Crippen molar-refractivity contribution < 1.29 is 9.59 Å². The van der Waals surface area contributed by atoms with Gasteiger partial charge in [0.05, 0.1) is 11.7 Å². The fourth-order valence-electron chi connectivity index (χ4n) is 3.82. The number of anilines is 1. The van der Waals surface area contributed by atoms with Gasteiger partial charge in [-0.15, -0.1) is 0 Å². The minimum absolute atomic E-state index is 0.108. The van der Waals surface area contributed by atoms with Gasteiger partial charge in [0, 0.05) is 44.2 Å². The van der Waals surface area contributed by atoms with Crippen LogP contribution in [0.25, 0.3) is 11.1 Å². The number of hydrogen-bond acceptors (Lipinski definition) is 6. The molecule has 0 bridgehead atoms. The number of nitrogens with zero attached hydrogens (tertiary/aromatic N) is 5. The number of carbonyl (C=O) groups is 2. The van der Waals surface area contributed by atoms with Gasteiger partial charge in [-0.05, 0) is 42.7 Å². The molecule has 1 saturated heterocycles. The fraction of sp³-hybridized carbons (Fsp3) is 0.261. The second-order valence-corrected chi connectivity index (χ2v) is 7.68. The van der Waals surface area contributed by atoms with Crippen LogP contribution in [0.2, 0.25) is 0 Å². The zero-order valence-corrected chi connectivity index (χ0v) is 17.5. The molecular formula is C23H24N6O2. The number of likely N-dealkylation sites (tertiary alicyclic amines) is 1. The van der Waals surface area contributed by atoms with Crippen molar-refractivity contribution in [1.82, 2.24) is 19.9 Å². The van der Waals surface area contributed by atoms with Crippen LogP contribution in [0, 0.1) is 0 Å². The Morgan fingerprint density at radius 3 is 2.52 bits per heavy atom. The Balaban J connectivity index is 1.77. The summed E-state index contributed by atoms with van der Waals surface area (Å²) in [5, 5.41) is 0. The Morgan fingerprint density at radius 1 is 1.10 bits per heavy atom. The molecule has 3 heterocycles. The van der Waals surface area contributed by atoms with Crippen LogP contribution in [-0.2, 0) is 0 Å². The predicted molar refractivity (Wildman–Crippen MR) is 118 cm³/mol. The highest BCUT2D eigenvalue weighted by atomic mass is 16.2. The first-order valence-corrected chi connectivity index (χ1v) is 10.1. The van der Waals surface area contributed by atoms with Gasteiger partial charge in [-0.2, -0.15) is 0 Å². The lowest BCUT2D eigenvalue weighted by atomic mass is 9.98. The van der Waals surface area contributed by atoms with E-state index in [9.17, 15) is 9.59 Å². The van der Waals surface area contributed by atoms with Crippen LogP contribution < -0.4 is 10.6 Å². The first-order chi connectivity index (χ1) is 15.0. The lowest BCUT2D eigenvalue weighted by Gasteiger charge is -2.26. The van der Waals surface area contributed by atoms with Crippen LogP contribution in [0.1, 0.15) is 45.4 Å². The lowest BCUT2D eigenvalue weighted by molar-refractivity contribution is 0.0727. The molecule has 1 aliphatic rings. The minimum atomic E-state index is -0.478. The topological polar surface area (TPSA) is 105 Å². The standard InChI is InChI=1S/C23H24N6O2/c1-28(2)23-26-14-17(15-8-10-16(11-9-15)21(24)30)20(27-23)19-7-5-13-29(19)22(31)18-6-3-4-12-25-18/h3-4,6,8-12,14,19H,5,7,13H2,1-2H3,(H2,24,30)/t19-/m1/s1. The van der Waals surface area contributed by atoms with Crippen molar-refractivity contribution in [1.29, 1.82) is 0 Å². The number of benzene rings is 1. The molecule has 8 heteroatoms. The van der Waals surface area contributed by atoms with E-state index in [1.54, 1.807) is 36.7 Å². The zero-order valence-electron chi connectivity index (χ0n) is 17.5. The van der Waals surface area contributed by atoms with Crippen LogP contribution in [0.3, 0.4) is 0 Å². The van der Waals surface area contributed by atoms with Crippen LogP contribution in [0.5, 0.6) is 0 Å². The largest absolute Gasteiger partial charge is 0.366 e. The second kappa shape index (κ2) is 8.51. The van der Waals surface area contributed by atoms with Gasteiger partial charge in [-0.1, -0.05) is 18.2 Å². The SMILES string of the molecule is CN(C)c1ncc(-c2ccc(C(N)=O)cc2)c([C@H]2CCCN2C(=O)c2ccccn2)n1. The Labute approximate surface area is 180 Å². The Morgan fingerprint density at radius 2 is 1.87 bits per heavy atom. The van der Waals surface area contributed by atoms with E-state index in [1.807, 2.05) is 42.1 Å². The van der Waals surface area contributed by atoms with E-state index >= 15 is 0 Å². The highest BCUT2D eigenvalue weighted by molar-refractivity contribution is 5.94. The molecule has 1 aliphatic heterocycles. The Bertz CT molecular complexity index is 1100. The van der Waals surface area contributed by atoms with Gasteiger partial charge >= 0.3 is 0 Å². The van der Waals surface area contributed by atoms with E-state index in [0.717, 1.165) is 29.7 Å². The number of primary amides is 1. The molecule has 0 aliphatic carbocycles. The molecule has 1 atom stereocenters. The molecule has 0 unspecified atom stereocenters. The molecule has 8 nitrogen and oxygen atoms in total. The van der Waals surface area contributed by atoms with Crippen molar-refractivity contribution >= 4 is 17.8 Å². The molecule has 31 heavy (non-hydrogen) atoms. The van der Waals surface area contributed by atoms with E-state index < -0.39 is 5.91 Å². The normalized spacial score (nSPS) is 15.7. The summed E-state index contributed by atoms with van der Waals surface area (Å²) in [5.41, 5.74) is 8.70. The van der Waals surface area contributed by atoms with E-state index in [4.69, 9.17) is 10.7 Å². The maximum Gasteiger partial charge on any atom is 0.273 e. The monoisotopic (exact) mass is 416 g/mol. The van der Waals surface area contributed by atoms with Crippen molar-refractivity contribution in [2.75, 3.05) is 25.5 Å². The molecule has 2 N–H and O–H groups in total. The number of aromatic nitrogens is 3. The van der Waals surface area contributed by atoms with Crippen molar-refractivity contribution in [3.05, 3.63) is 71.8 Å². The number of rotatable bonds is 5. The van der Waals surface area contributed by atoms with Crippen LogP contribution in [0.15, 0.2) is 54.9 Å². The van der Waals surface area contributed by atoms with Crippen molar-refractivity contribution in [3.63, 3.8) is 0 Å². The third-order valence-electron chi connectivity index (χ3n) is 5.40. The summed E-state index contributed by atoms with van der Waals surface area (Å²) in [5.74, 6) is -0.0123. The summed E-state index contributed by atoms with van der Waals surface area (Å²) >= 11 is 0. The van der Waals surface area contributed by atoms with E-state index in [1.165, 1.54) is 0 Å². The summed E-state index contributed by atoms with van der Waals surface area (Å²) in [6, 6.07) is 12.2. The van der Waals surface area contributed by atoms with Gasteiger partial charge in [-0.3, -0.25) is 14.6 Å². The maximum atomic E-state index is 13.2. The summed E-state index contributed by atoms with van der Waals surface area (Å²) in [6.07, 6.45) is 5.08. The maximum absolute atomic E-state index is 13.2. The summed E-state index contributed by atoms with van der Waals surface area (Å²) in [4.78, 5) is 41.8. The molecule has 3 aromatic rings. The van der Waals surface area contributed by atoms with E-state index in [0.29, 0.717) is 23.8 Å². The van der Waals surface area contributed by atoms with Gasteiger partial charge in [-0.25, -0.2) is 9.97 Å². The quantitative estimate of drug-likeness (QED) is 0.686. The second-order valence-electron chi connectivity index (χ2n) is 7.68. The van der Waals surface area contributed by atoms with Crippen molar-refractivity contribution in [2.24, 2.45) is 5.73 Å². The fourth-order valence-corrected chi connectivity index (χ4v) is 3.82. The Kier molecular flexibility index (Phi) is 5.62. The molecule has 0 saturated carbocycles. The number of pyridine rings is 1. The Hall–Kier alpha value is -3.81. The van der Waals surface area contributed by atoms with Gasteiger partial charge < -0.3 is 15.5 Å². The number of nitrogens with two attached hydrogens (primary N) is 1. The lowest BCUT2D eigenvalue weighted by Crippen LogP contribution is -2.32. The average Bonchev–Trinajstić information content (AvgIpc) is 3.28. The number of carbonyl (C=O) groups excluding carboxylic acids is 2. The van der Waals surface area contributed by atoms with Gasteiger partial charge in [0.25, 0.3) is 5.91 Å². The third-order valence-corrected chi connectivity index (χ3v) is 5.40. The van der Waals surface area contributed by atoms with Crippen molar-refractivity contribution in [3.8, 4) is 11.1 Å². The van der Waals surface area contributed by atoms with Gasteiger partial charge in [0.15, 0.2) is 0 Å². The average molecular weight is 416 g/mol. The van der Waals surface area contributed by atoms with Crippen molar-refractivity contribution in [2.45, 2.75) is 18.9 Å². The molecule has 158 valence electrons. The molecule has 1 fully saturated rings. The van der Waals surface area contributed by atoms with Crippen LogP contribution >= 0.6 is 0 Å². The first kappa shape index (κ1) is 20.5.